The zero-order chi connectivity index (χ0) is 20.9. The Balaban J connectivity index is 1.85. The summed E-state index contributed by atoms with van der Waals surface area (Å²) >= 11 is 0. The second-order valence-corrected chi connectivity index (χ2v) is 9.50. The van der Waals surface area contributed by atoms with Gasteiger partial charge in [-0.3, -0.25) is 4.79 Å². The lowest BCUT2D eigenvalue weighted by molar-refractivity contribution is 0.0944. The number of ether oxygens (including phenoxy) is 1. The van der Waals surface area contributed by atoms with Crippen LogP contribution in [0.1, 0.15) is 54.4 Å². The van der Waals surface area contributed by atoms with E-state index >= 15 is 0 Å². The van der Waals surface area contributed by atoms with Crippen molar-refractivity contribution in [2.24, 2.45) is 0 Å². The lowest BCUT2D eigenvalue weighted by Crippen LogP contribution is -2.31. The minimum absolute atomic E-state index is 0.306. The van der Waals surface area contributed by atoms with Gasteiger partial charge in [-0.05, 0) is 55.5 Å². The minimum Gasteiger partial charge on any atom is -0.457 e. The summed E-state index contributed by atoms with van der Waals surface area (Å²) in [5.74, 6) is 1.37. The van der Waals surface area contributed by atoms with Crippen LogP contribution in [0.2, 0.25) is 0 Å². The fraction of sp³-hybridized carbons (Fsp3) is 0.348. The third kappa shape index (κ3) is 6.19. The van der Waals surface area contributed by atoms with E-state index in [-0.39, 0.29) is 5.91 Å². The molecule has 5 nitrogen and oxygen atoms in total. The molecule has 1 saturated carbocycles. The van der Waals surface area contributed by atoms with Gasteiger partial charge < -0.3 is 10.1 Å². The van der Waals surface area contributed by atoms with Gasteiger partial charge in [0.1, 0.15) is 11.5 Å². The fourth-order valence-electron chi connectivity index (χ4n) is 3.53. The second-order valence-electron chi connectivity index (χ2n) is 7.57. The molecule has 154 valence electrons. The molecule has 0 saturated heterocycles. The Bertz CT molecular complexity index is 977. The Morgan fingerprint density at radius 3 is 2.48 bits per heavy atom. The quantitative estimate of drug-likeness (QED) is 0.707. The summed E-state index contributed by atoms with van der Waals surface area (Å²) in [4.78, 5) is 12.8. The summed E-state index contributed by atoms with van der Waals surface area (Å²) in [6.45, 7) is 1.73. The average molecular weight is 414 g/mol. The average Bonchev–Trinajstić information content (AvgIpc) is 3.21. The van der Waals surface area contributed by atoms with Gasteiger partial charge in [0.05, 0.1) is 5.56 Å². The van der Waals surface area contributed by atoms with Crippen molar-refractivity contribution in [2.45, 2.75) is 44.6 Å². The minimum atomic E-state index is -3.24. The Hall–Kier alpha value is -2.60. The van der Waals surface area contributed by atoms with E-state index in [9.17, 15) is 13.2 Å². The van der Waals surface area contributed by atoms with Crippen LogP contribution < -0.4 is 10.1 Å². The first-order valence-corrected chi connectivity index (χ1v) is 11.8. The molecule has 0 aliphatic heterocycles. The predicted molar refractivity (Wildman–Crippen MR) is 115 cm³/mol. The highest BCUT2D eigenvalue weighted by molar-refractivity contribution is 7.93. The molecule has 0 spiro atoms. The number of sulfone groups is 1. The van der Waals surface area contributed by atoms with Crippen molar-refractivity contribution >= 4 is 15.7 Å². The van der Waals surface area contributed by atoms with Crippen LogP contribution in [-0.4, -0.2) is 26.6 Å². The lowest BCUT2D eigenvalue weighted by atomic mass is 9.96. The molecule has 1 aliphatic carbocycles. The number of rotatable bonds is 7. The molecule has 29 heavy (non-hydrogen) atoms. The van der Waals surface area contributed by atoms with Gasteiger partial charge in [-0.1, -0.05) is 43.2 Å². The molecule has 0 unspecified atom stereocenters. The van der Waals surface area contributed by atoms with Crippen molar-refractivity contribution in [3.8, 4) is 11.5 Å². The van der Waals surface area contributed by atoms with E-state index in [1.165, 1.54) is 24.5 Å². The third-order valence-corrected chi connectivity index (χ3v) is 5.67. The van der Waals surface area contributed by atoms with Gasteiger partial charge in [0.25, 0.3) is 5.91 Å². The number of nitrogens with one attached hydrogen (secondary N) is 1. The van der Waals surface area contributed by atoms with Gasteiger partial charge in [0.15, 0.2) is 9.84 Å². The molecule has 0 radical (unpaired) electrons. The number of hydrogen-bond acceptors (Lipinski definition) is 4. The molecule has 1 atom stereocenters. The monoisotopic (exact) mass is 413 g/mol. The van der Waals surface area contributed by atoms with Crippen molar-refractivity contribution in [2.75, 3.05) is 6.26 Å². The van der Waals surface area contributed by atoms with Crippen molar-refractivity contribution in [1.29, 1.82) is 0 Å². The summed E-state index contributed by atoms with van der Waals surface area (Å²) in [6, 6.07) is 14.7. The molecule has 2 aromatic rings. The van der Waals surface area contributed by atoms with Crippen LogP contribution in [0, 0.1) is 0 Å². The maximum atomic E-state index is 12.8. The van der Waals surface area contributed by atoms with E-state index in [2.05, 4.69) is 5.32 Å². The molecule has 2 aromatic carbocycles. The van der Waals surface area contributed by atoms with E-state index in [4.69, 9.17) is 4.74 Å². The topological polar surface area (TPSA) is 72.5 Å². The number of para-hydroxylation sites is 1. The Labute approximate surface area is 172 Å². The van der Waals surface area contributed by atoms with Crippen molar-refractivity contribution < 1.29 is 17.9 Å². The first kappa shape index (κ1) is 21.1. The van der Waals surface area contributed by atoms with Gasteiger partial charge in [-0.15, -0.1) is 0 Å². The molecule has 0 aromatic heterocycles. The highest BCUT2D eigenvalue weighted by Gasteiger charge is 2.21. The van der Waals surface area contributed by atoms with Crippen LogP contribution in [0.3, 0.4) is 0 Å². The summed E-state index contributed by atoms with van der Waals surface area (Å²) in [6.07, 6.45) is 7.34. The Kier molecular flexibility index (Phi) is 6.75. The molecular weight excluding hydrogens is 386 g/mol. The van der Waals surface area contributed by atoms with Gasteiger partial charge in [0, 0.05) is 17.7 Å². The van der Waals surface area contributed by atoms with Crippen LogP contribution in [-0.2, 0) is 9.84 Å². The fourth-order valence-corrected chi connectivity index (χ4v) is 4.05. The summed E-state index contributed by atoms with van der Waals surface area (Å²) in [5, 5.41) is 3.91. The van der Waals surface area contributed by atoms with E-state index in [1.54, 1.807) is 13.0 Å². The third-order valence-electron chi connectivity index (χ3n) is 5.02. The first-order valence-electron chi connectivity index (χ1n) is 9.88. The highest BCUT2D eigenvalue weighted by atomic mass is 32.2. The number of amides is 1. The maximum absolute atomic E-state index is 12.8. The van der Waals surface area contributed by atoms with Crippen molar-refractivity contribution in [3.05, 3.63) is 71.1 Å². The standard InChI is InChI=1S/C23H27NO4S/c1-17(14-15-29(2,26)27)24-23(25)21-13-12-19(18-8-6-7-9-18)16-22(21)28-20-10-4-3-5-11-20/h3-5,10-18H,6-9H2,1-2H3,(H,24,25)/b15-14+/t17-/m1/s1. The van der Waals surface area contributed by atoms with Gasteiger partial charge in [0.2, 0.25) is 0 Å². The smallest absolute Gasteiger partial charge is 0.255 e. The number of hydrogen-bond donors (Lipinski definition) is 1. The van der Waals surface area contributed by atoms with Crippen LogP contribution in [0.4, 0.5) is 0 Å². The largest absolute Gasteiger partial charge is 0.457 e. The van der Waals surface area contributed by atoms with E-state index < -0.39 is 15.9 Å². The molecule has 6 heteroatoms. The Morgan fingerprint density at radius 1 is 1.14 bits per heavy atom. The zero-order valence-corrected chi connectivity index (χ0v) is 17.6. The van der Waals surface area contributed by atoms with Crippen LogP contribution >= 0.6 is 0 Å². The zero-order valence-electron chi connectivity index (χ0n) is 16.8. The molecule has 0 heterocycles. The second kappa shape index (κ2) is 9.27. The molecule has 1 aliphatic rings. The van der Waals surface area contributed by atoms with Gasteiger partial charge in [-0.2, -0.15) is 0 Å². The molecule has 0 bridgehead atoms. The summed E-state index contributed by atoms with van der Waals surface area (Å²) in [7, 11) is -3.24. The first-order chi connectivity index (χ1) is 13.8. The summed E-state index contributed by atoms with van der Waals surface area (Å²) < 4.78 is 28.6. The Morgan fingerprint density at radius 2 is 1.83 bits per heavy atom. The molecule has 1 fully saturated rings. The highest BCUT2D eigenvalue weighted by Crippen LogP contribution is 2.37. The van der Waals surface area contributed by atoms with E-state index in [1.807, 2.05) is 42.5 Å². The number of carbonyl (C=O) groups excluding carboxylic acids is 1. The maximum Gasteiger partial charge on any atom is 0.255 e. The van der Waals surface area contributed by atoms with Crippen LogP contribution in [0.5, 0.6) is 11.5 Å². The molecule has 3 rings (SSSR count). The van der Waals surface area contributed by atoms with Crippen LogP contribution in [0.25, 0.3) is 0 Å². The van der Waals surface area contributed by atoms with E-state index in [0.717, 1.165) is 24.5 Å². The molecule has 1 N–H and O–H groups in total. The van der Waals surface area contributed by atoms with Crippen molar-refractivity contribution in [3.63, 3.8) is 0 Å². The molecular formula is C23H27NO4S. The van der Waals surface area contributed by atoms with Gasteiger partial charge in [-0.25, -0.2) is 8.42 Å². The van der Waals surface area contributed by atoms with Crippen molar-refractivity contribution in [1.82, 2.24) is 5.32 Å². The summed E-state index contributed by atoms with van der Waals surface area (Å²) in [5.41, 5.74) is 1.62. The van der Waals surface area contributed by atoms with Gasteiger partial charge >= 0.3 is 0 Å². The molecule has 1 amide bonds. The predicted octanol–water partition coefficient (Wildman–Crippen LogP) is 4.81. The SMILES string of the molecule is C[C@H](/C=C/S(C)(=O)=O)NC(=O)c1ccc(C2CCCC2)cc1Oc1ccccc1. The van der Waals surface area contributed by atoms with E-state index in [0.29, 0.717) is 23.0 Å². The number of carbonyl (C=O) groups is 1. The normalized spacial score (nSPS) is 16.1. The lowest BCUT2D eigenvalue weighted by Gasteiger charge is -2.17. The number of benzene rings is 2. The van der Waals surface area contributed by atoms with Crippen LogP contribution in [0.15, 0.2) is 60.0 Å².